The maximum atomic E-state index is 13.2. The first-order chi connectivity index (χ1) is 7.06. The van der Waals surface area contributed by atoms with E-state index in [1.807, 2.05) is 6.92 Å². The van der Waals surface area contributed by atoms with E-state index in [-0.39, 0.29) is 5.56 Å². The van der Waals surface area contributed by atoms with Crippen LogP contribution in [0.4, 0.5) is 4.39 Å². The second kappa shape index (κ2) is 4.89. The van der Waals surface area contributed by atoms with Crippen molar-refractivity contribution in [2.45, 2.75) is 25.9 Å². The molecule has 82 valence electrons. The third-order valence-corrected chi connectivity index (χ3v) is 2.17. The van der Waals surface area contributed by atoms with Crippen LogP contribution in [0.3, 0.4) is 0 Å². The fourth-order valence-electron chi connectivity index (χ4n) is 1.35. The van der Waals surface area contributed by atoms with Crippen molar-refractivity contribution < 1.29 is 19.4 Å². The van der Waals surface area contributed by atoms with E-state index < -0.39 is 17.9 Å². The number of halogens is 1. The Balaban J connectivity index is 2.96. The Morgan fingerprint density at radius 1 is 1.53 bits per heavy atom. The lowest BCUT2D eigenvalue weighted by Gasteiger charge is -2.10. The van der Waals surface area contributed by atoms with Crippen LogP contribution in [-0.2, 0) is 0 Å². The van der Waals surface area contributed by atoms with Gasteiger partial charge >= 0.3 is 5.97 Å². The van der Waals surface area contributed by atoms with E-state index in [1.54, 1.807) is 0 Å². The maximum Gasteiger partial charge on any atom is 0.338 e. The molecule has 0 radical (unpaired) electrons. The van der Waals surface area contributed by atoms with Crippen LogP contribution in [0.25, 0.3) is 0 Å². The molecular weight excluding hydrogens is 199 g/mol. The maximum absolute atomic E-state index is 13.2. The lowest BCUT2D eigenvalue weighted by molar-refractivity contribution is 0.0691. The smallest absolute Gasteiger partial charge is 0.338 e. The number of carbonyl (C=O) groups is 1. The zero-order valence-electron chi connectivity index (χ0n) is 8.40. The van der Waals surface area contributed by atoms with Gasteiger partial charge in [-0.25, -0.2) is 9.18 Å². The minimum atomic E-state index is -1.30. The summed E-state index contributed by atoms with van der Waals surface area (Å²) in [6.45, 7) is 1.91. The highest BCUT2D eigenvalue weighted by Crippen LogP contribution is 2.20. The molecule has 1 aromatic rings. The molecule has 0 saturated heterocycles. The quantitative estimate of drug-likeness (QED) is 0.805. The van der Waals surface area contributed by atoms with Gasteiger partial charge in [0, 0.05) is 0 Å². The summed E-state index contributed by atoms with van der Waals surface area (Å²) < 4.78 is 13.2. The van der Waals surface area contributed by atoms with E-state index in [1.165, 1.54) is 12.1 Å². The van der Waals surface area contributed by atoms with E-state index in [9.17, 15) is 14.3 Å². The van der Waals surface area contributed by atoms with Gasteiger partial charge in [-0.3, -0.25) is 0 Å². The SMILES string of the molecule is CCCC(O)c1ccc(C(=O)O)c(F)c1. The summed E-state index contributed by atoms with van der Waals surface area (Å²) in [7, 11) is 0. The fraction of sp³-hybridized carbons (Fsp3) is 0.364. The lowest BCUT2D eigenvalue weighted by atomic mass is 10.0. The van der Waals surface area contributed by atoms with Crippen molar-refractivity contribution in [1.29, 1.82) is 0 Å². The van der Waals surface area contributed by atoms with Crippen LogP contribution in [0, 0.1) is 5.82 Å². The predicted molar refractivity (Wildman–Crippen MR) is 53.2 cm³/mol. The number of carboxylic acid groups (broad SMARTS) is 1. The third kappa shape index (κ3) is 2.76. The topological polar surface area (TPSA) is 57.5 Å². The summed E-state index contributed by atoms with van der Waals surface area (Å²) in [6.07, 6.45) is 0.585. The highest BCUT2D eigenvalue weighted by molar-refractivity contribution is 5.87. The molecule has 0 aliphatic carbocycles. The summed E-state index contributed by atoms with van der Waals surface area (Å²) in [5, 5.41) is 18.2. The average molecular weight is 212 g/mol. The van der Waals surface area contributed by atoms with E-state index in [0.29, 0.717) is 12.0 Å². The van der Waals surface area contributed by atoms with Gasteiger partial charge in [-0.15, -0.1) is 0 Å². The highest BCUT2D eigenvalue weighted by atomic mass is 19.1. The van der Waals surface area contributed by atoms with Gasteiger partial charge in [0.1, 0.15) is 5.82 Å². The van der Waals surface area contributed by atoms with Gasteiger partial charge in [0.2, 0.25) is 0 Å². The number of hydrogen-bond donors (Lipinski definition) is 2. The number of rotatable bonds is 4. The third-order valence-electron chi connectivity index (χ3n) is 2.17. The summed E-state index contributed by atoms with van der Waals surface area (Å²) in [4.78, 5) is 10.5. The van der Waals surface area contributed by atoms with Crippen LogP contribution in [0.2, 0.25) is 0 Å². The fourth-order valence-corrected chi connectivity index (χ4v) is 1.35. The first-order valence-electron chi connectivity index (χ1n) is 4.77. The molecule has 1 unspecified atom stereocenters. The average Bonchev–Trinajstić information content (AvgIpc) is 2.17. The van der Waals surface area contributed by atoms with Crippen molar-refractivity contribution in [3.8, 4) is 0 Å². The number of benzene rings is 1. The lowest BCUT2D eigenvalue weighted by Crippen LogP contribution is -2.03. The number of carboxylic acids is 1. The highest BCUT2D eigenvalue weighted by Gasteiger charge is 2.13. The molecule has 0 saturated carbocycles. The molecule has 0 fully saturated rings. The first kappa shape index (κ1) is 11.7. The number of aliphatic hydroxyl groups is 1. The molecule has 0 heterocycles. The van der Waals surface area contributed by atoms with Gasteiger partial charge in [-0.2, -0.15) is 0 Å². The van der Waals surface area contributed by atoms with Crippen molar-refractivity contribution in [1.82, 2.24) is 0 Å². The minimum absolute atomic E-state index is 0.373. The standard InChI is InChI=1S/C11H13FO3/c1-2-3-10(13)7-4-5-8(11(14)15)9(12)6-7/h4-6,10,13H,2-3H2,1H3,(H,14,15). The summed E-state index contributed by atoms with van der Waals surface area (Å²) in [5.41, 5.74) is 0.0433. The largest absolute Gasteiger partial charge is 0.478 e. The van der Waals surface area contributed by atoms with Gasteiger partial charge in [0.25, 0.3) is 0 Å². The van der Waals surface area contributed by atoms with Crippen LogP contribution in [0.5, 0.6) is 0 Å². The minimum Gasteiger partial charge on any atom is -0.478 e. The Labute approximate surface area is 87.2 Å². The van der Waals surface area contributed by atoms with E-state index in [4.69, 9.17) is 5.11 Å². The van der Waals surface area contributed by atoms with Gasteiger partial charge in [0.15, 0.2) is 0 Å². The molecule has 2 N–H and O–H groups in total. The van der Waals surface area contributed by atoms with Gasteiger partial charge in [-0.05, 0) is 24.1 Å². The van der Waals surface area contributed by atoms with Crippen molar-refractivity contribution in [3.05, 3.63) is 35.1 Å². The van der Waals surface area contributed by atoms with Crippen molar-refractivity contribution in [2.24, 2.45) is 0 Å². The van der Waals surface area contributed by atoms with Crippen molar-refractivity contribution >= 4 is 5.97 Å². The molecule has 1 atom stereocenters. The second-order valence-electron chi connectivity index (χ2n) is 3.35. The summed E-state index contributed by atoms with van der Waals surface area (Å²) >= 11 is 0. The van der Waals surface area contributed by atoms with Crippen LogP contribution in [0.15, 0.2) is 18.2 Å². The van der Waals surface area contributed by atoms with Gasteiger partial charge in [0.05, 0.1) is 11.7 Å². The van der Waals surface area contributed by atoms with Crippen LogP contribution in [-0.4, -0.2) is 16.2 Å². The van der Waals surface area contributed by atoms with Crippen LogP contribution < -0.4 is 0 Å². The summed E-state index contributed by atoms with van der Waals surface area (Å²) in [5.74, 6) is -2.11. The Morgan fingerprint density at radius 3 is 2.67 bits per heavy atom. The van der Waals surface area contributed by atoms with E-state index >= 15 is 0 Å². The molecule has 0 spiro atoms. The molecule has 0 aliphatic rings. The number of hydrogen-bond acceptors (Lipinski definition) is 2. The molecule has 0 aromatic heterocycles. The normalized spacial score (nSPS) is 12.5. The molecule has 3 nitrogen and oxygen atoms in total. The van der Waals surface area contributed by atoms with Crippen LogP contribution >= 0.6 is 0 Å². The van der Waals surface area contributed by atoms with Crippen molar-refractivity contribution in [2.75, 3.05) is 0 Å². The molecule has 1 rings (SSSR count). The molecule has 0 bridgehead atoms. The predicted octanol–water partition coefficient (Wildman–Crippen LogP) is 2.36. The molecule has 0 amide bonds. The first-order valence-corrected chi connectivity index (χ1v) is 4.77. The van der Waals surface area contributed by atoms with Crippen molar-refractivity contribution in [3.63, 3.8) is 0 Å². The second-order valence-corrected chi connectivity index (χ2v) is 3.35. The zero-order valence-corrected chi connectivity index (χ0v) is 8.40. The summed E-state index contributed by atoms with van der Waals surface area (Å²) in [6, 6.07) is 3.68. The molecule has 15 heavy (non-hydrogen) atoms. The number of aliphatic hydroxyl groups excluding tert-OH is 1. The monoisotopic (exact) mass is 212 g/mol. The Bertz CT molecular complexity index is 363. The molecule has 0 aliphatic heterocycles. The molecular formula is C11H13FO3. The number of aromatic carboxylic acids is 1. The Morgan fingerprint density at radius 2 is 2.20 bits per heavy atom. The van der Waals surface area contributed by atoms with E-state index in [0.717, 1.165) is 12.5 Å². The van der Waals surface area contributed by atoms with E-state index in [2.05, 4.69) is 0 Å². The van der Waals surface area contributed by atoms with Gasteiger partial charge < -0.3 is 10.2 Å². The molecule has 4 heteroatoms. The van der Waals surface area contributed by atoms with Crippen LogP contribution in [0.1, 0.15) is 41.8 Å². The van der Waals surface area contributed by atoms with Gasteiger partial charge in [-0.1, -0.05) is 19.4 Å². The Kier molecular flexibility index (Phi) is 3.80. The Hall–Kier alpha value is -1.42. The zero-order chi connectivity index (χ0) is 11.4. The molecule has 1 aromatic carbocycles.